The van der Waals surface area contributed by atoms with Gasteiger partial charge in [0.1, 0.15) is 11.6 Å². The normalized spacial score (nSPS) is 14.8. The molecule has 0 spiro atoms. The van der Waals surface area contributed by atoms with Crippen LogP contribution in [0.25, 0.3) is 23.0 Å². The molecule has 3 aromatic rings. The number of aromatic nitrogens is 2. The summed E-state index contributed by atoms with van der Waals surface area (Å²) in [5.74, 6) is -1.60. The minimum Gasteiger partial charge on any atom is -0.466 e. The van der Waals surface area contributed by atoms with Crippen LogP contribution in [0, 0.1) is 18.3 Å². The van der Waals surface area contributed by atoms with E-state index in [1.165, 1.54) is 6.92 Å². The first kappa shape index (κ1) is 25.3. The van der Waals surface area contributed by atoms with E-state index in [-0.39, 0.29) is 30.7 Å². The molecule has 37 heavy (non-hydrogen) atoms. The smallest absolute Gasteiger partial charge is 0.302 e. The zero-order valence-corrected chi connectivity index (χ0v) is 20.9. The highest BCUT2D eigenvalue weighted by atomic mass is 16.5. The molecule has 1 aliphatic rings. The lowest BCUT2D eigenvalue weighted by Gasteiger charge is -2.27. The van der Waals surface area contributed by atoms with Gasteiger partial charge in [0.25, 0.3) is 11.8 Å². The number of para-hydroxylation sites is 1. The maximum atomic E-state index is 13.5. The number of esters is 1. The van der Waals surface area contributed by atoms with E-state index < -0.39 is 17.8 Å². The summed E-state index contributed by atoms with van der Waals surface area (Å²) < 4.78 is 6.66. The van der Waals surface area contributed by atoms with Crippen LogP contribution < -0.4 is 0 Å². The minimum atomic E-state index is -0.649. The molecule has 0 fully saturated rings. The van der Waals surface area contributed by atoms with Gasteiger partial charge in [-0.1, -0.05) is 48.0 Å². The van der Waals surface area contributed by atoms with Gasteiger partial charge in [0.05, 0.1) is 18.0 Å². The average molecular weight is 495 g/mol. The first-order chi connectivity index (χ1) is 17.8. The molecule has 8 heteroatoms. The zero-order valence-electron chi connectivity index (χ0n) is 20.9. The largest absolute Gasteiger partial charge is 0.466 e. The number of benzene rings is 2. The molecule has 0 radical (unpaired) electrons. The second kappa shape index (κ2) is 10.9. The molecule has 0 bridgehead atoms. The molecule has 2 heterocycles. The van der Waals surface area contributed by atoms with E-state index in [1.807, 2.05) is 73.8 Å². The maximum Gasteiger partial charge on any atom is 0.302 e. The Morgan fingerprint density at radius 3 is 2.41 bits per heavy atom. The second-order valence-electron chi connectivity index (χ2n) is 8.70. The van der Waals surface area contributed by atoms with Crippen LogP contribution in [0.4, 0.5) is 0 Å². The predicted molar refractivity (Wildman–Crippen MR) is 138 cm³/mol. The van der Waals surface area contributed by atoms with E-state index in [1.54, 1.807) is 17.7 Å². The monoisotopic (exact) mass is 494 g/mol. The summed E-state index contributed by atoms with van der Waals surface area (Å²) >= 11 is 0. The van der Waals surface area contributed by atoms with E-state index in [4.69, 9.17) is 9.84 Å². The van der Waals surface area contributed by atoms with Gasteiger partial charge in [-0.15, -0.1) is 0 Å². The fourth-order valence-electron chi connectivity index (χ4n) is 4.07. The van der Waals surface area contributed by atoms with Crippen molar-refractivity contribution in [2.24, 2.45) is 0 Å². The van der Waals surface area contributed by atoms with Crippen LogP contribution in [0.5, 0.6) is 0 Å². The van der Waals surface area contributed by atoms with Crippen LogP contribution >= 0.6 is 0 Å². The quantitative estimate of drug-likeness (QED) is 0.209. The summed E-state index contributed by atoms with van der Waals surface area (Å²) in [7, 11) is 0. The van der Waals surface area contributed by atoms with Crippen molar-refractivity contribution in [3.8, 4) is 23.0 Å². The van der Waals surface area contributed by atoms with Crippen molar-refractivity contribution < 1.29 is 19.1 Å². The number of nitriles is 1. The van der Waals surface area contributed by atoms with Crippen molar-refractivity contribution >= 4 is 23.9 Å². The Morgan fingerprint density at radius 1 is 1.05 bits per heavy atom. The molecule has 1 aliphatic heterocycles. The molecule has 8 nitrogen and oxygen atoms in total. The van der Waals surface area contributed by atoms with Crippen molar-refractivity contribution in [3.63, 3.8) is 0 Å². The maximum absolute atomic E-state index is 13.5. The second-order valence-corrected chi connectivity index (χ2v) is 8.70. The molecule has 0 unspecified atom stereocenters. The van der Waals surface area contributed by atoms with E-state index in [9.17, 15) is 19.6 Å². The molecule has 2 aromatic carbocycles. The number of rotatable bonds is 7. The first-order valence-electron chi connectivity index (χ1n) is 11.8. The van der Waals surface area contributed by atoms with Gasteiger partial charge in [-0.05, 0) is 44.1 Å². The fraction of sp³-hybridized carbons (Fsp3) is 0.207. The Kier molecular flexibility index (Phi) is 7.44. The number of hydrogen-bond donors (Lipinski definition) is 0. The molecule has 0 atom stereocenters. The summed E-state index contributed by atoms with van der Waals surface area (Å²) in [6, 6.07) is 19.5. The molecular weight excluding hydrogens is 468 g/mol. The number of ether oxygens (including phenoxy) is 1. The summed E-state index contributed by atoms with van der Waals surface area (Å²) in [6.07, 6.45) is 3.77. The molecule has 2 amide bonds. The molecule has 0 saturated carbocycles. The molecular formula is C29H26N4O4. The highest BCUT2D eigenvalue weighted by molar-refractivity contribution is 6.19. The molecule has 4 rings (SSSR count). The average Bonchev–Trinajstić information content (AvgIpc) is 3.31. The van der Waals surface area contributed by atoms with Crippen LogP contribution in [-0.2, 0) is 19.1 Å². The van der Waals surface area contributed by atoms with Gasteiger partial charge in [0.15, 0.2) is 0 Å². The molecule has 186 valence electrons. The van der Waals surface area contributed by atoms with E-state index in [0.29, 0.717) is 16.8 Å². The van der Waals surface area contributed by atoms with E-state index >= 15 is 0 Å². The third-order valence-electron chi connectivity index (χ3n) is 6.04. The lowest BCUT2D eigenvalue weighted by molar-refractivity contribution is -0.141. The Hall–Kier alpha value is -4.77. The predicted octanol–water partition coefficient (Wildman–Crippen LogP) is 4.39. The van der Waals surface area contributed by atoms with Crippen LogP contribution in [0.2, 0.25) is 0 Å². The standard InChI is InChI=1S/C29H26N4O4/c1-19-10-12-22(13-11-19)27-23(18-33(31-27)24-8-5-4-6-9-24)16-25-20(2)26(17-30)29(36)32(28(25)35)14-7-15-37-21(3)34/h4-6,8-13,16,18H,7,14-15H2,1-3H3/b25-16+. The van der Waals surface area contributed by atoms with Gasteiger partial charge >= 0.3 is 5.97 Å². The van der Waals surface area contributed by atoms with Gasteiger partial charge in [0, 0.05) is 36.4 Å². The van der Waals surface area contributed by atoms with Gasteiger partial charge in [-0.3, -0.25) is 19.3 Å². The van der Waals surface area contributed by atoms with Crippen LogP contribution in [0.1, 0.15) is 31.4 Å². The zero-order chi connectivity index (χ0) is 26.5. The SMILES string of the molecule is CC(=O)OCCCN1C(=O)C(C#N)=C(C)/C(=C\c2cn(-c3ccccc3)nc2-c2ccc(C)cc2)C1=O. The van der Waals surface area contributed by atoms with Gasteiger partial charge in [0.2, 0.25) is 0 Å². The first-order valence-corrected chi connectivity index (χ1v) is 11.8. The molecule has 1 aromatic heterocycles. The van der Waals surface area contributed by atoms with Crippen LogP contribution in [0.15, 0.2) is 77.5 Å². The van der Waals surface area contributed by atoms with E-state index in [0.717, 1.165) is 21.7 Å². The highest BCUT2D eigenvalue weighted by Gasteiger charge is 2.35. The number of aryl methyl sites for hydroxylation is 1. The highest BCUT2D eigenvalue weighted by Crippen LogP contribution is 2.31. The number of hydrogen-bond acceptors (Lipinski definition) is 6. The van der Waals surface area contributed by atoms with Gasteiger partial charge < -0.3 is 4.74 Å². The number of carbonyl (C=O) groups excluding carboxylic acids is 3. The number of imide groups is 1. The lowest BCUT2D eigenvalue weighted by Crippen LogP contribution is -2.43. The lowest BCUT2D eigenvalue weighted by atomic mass is 9.93. The van der Waals surface area contributed by atoms with Crippen LogP contribution in [-0.4, -0.2) is 45.6 Å². The van der Waals surface area contributed by atoms with Crippen molar-refractivity contribution in [2.45, 2.75) is 27.2 Å². The Labute approximate surface area is 215 Å². The summed E-state index contributed by atoms with van der Waals surface area (Å²) in [5, 5.41) is 14.5. The third-order valence-corrected chi connectivity index (χ3v) is 6.04. The number of carbonyl (C=O) groups is 3. The van der Waals surface area contributed by atoms with Crippen molar-refractivity contribution in [1.82, 2.24) is 14.7 Å². The Morgan fingerprint density at radius 2 is 1.76 bits per heavy atom. The van der Waals surface area contributed by atoms with Crippen molar-refractivity contribution in [1.29, 1.82) is 5.26 Å². The summed E-state index contributed by atoms with van der Waals surface area (Å²) in [6.45, 7) is 4.98. The fourth-order valence-corrected chi connectivity index (χ4v) is 4.07. The topological polar surface area (TPSA) is 105 Å². The van der Waals surface area contributed by atoms with Crippen molar-refractivity contribution in [3.05, 3.63) is 88.6 Å². The summed E-state index contributed by atoms with van der Waals surface area (Å²) in [5.41, 5.74) is 4.62. The summed E-state index contributed by atoms with van der Waals surface area (Å²) in [4.78, 5) is 38.4. The van der Waals surface area contributed by atoms with Crippen molar-refractivity contribution in [2.75, 3.05) is 13.2 Å². The molecule has 0 aliphatic carbocycles. The van der Waals surface area contributed by atoms with Gasteiger partial charge in [-0.25, -0.2) is 4.68 Å². The minimum absolute atomic E-state index is 0.0227. The van der Waals surface area contributed by atoms with Gasteiger partial charge in [-0.2, -0.15) is 10.4 Å². The third kappa shape index (κ3) is 5.41. The van der Waals surface area contributed by atoms with E-state index in [2.05, 4.69) is 0 Å². The molecule has 0 N–H and O–H groups in total. The number of nitrogens with zero attached hydrogens (tertiary/aromatic N) is 4. The Balaban J connectivity index is 1.80. The molecule has 0 saturated heterocycles. The number of amides is 2. The Bertz CT molecular complexity index is 1460. The van der Waals surface area contributed by atoms with Crippen LogP contribution in [0.3, 0.4) is 0 Å².